The van der Waals surface area contributed by atoms with Crippen molar-refractivity contribution in [3.8, 4) is 0 Å². The molecule has 2 nitrogen and oxygen atoms in total. The van der Waals surface area contributed by atoms with Crippen LogP contribution in [-0.4, -0.2) is 10.8 Å². The Balaban J connectivity index is 2.02. The summed E-state index contributed by atoms with van der Waals surface area (Å²) in [7, 11) is 0. The highest BCUT2D eigenvalue weighted by molar-refractivity contribution is 6.00. The SMILES string of the molecule is O=C1C=CC2=Cc3c4c(c5ccccc5c3=CN12)=CC=CC4. The summed E-state index contributed by atoms with van der Waals surface area (Å²) in [6.45, 7) is 0. The molecule has 1 amide bonds. The zero-order valence-corrected chi connectivity index (χ0v) is 11.9. The maximum atomic E-state index is 12.0. The molecule has 0 N–H and O–H groups in total. The van der Waals surface area contributed by atoms with E-state index in [9.17, 15) is 4.79 Å². The lowest BCUT2D eigenvalue weighted by molar-refractivity contribution is -0.120. The van der Waals surface area contributed by atoms with Crippen molar-refractivity contribution in [1.82, 2.24) is 4.90 Å². The van der Waals surface area contributed by atoms with Gasteiger partial charge in [0, 0.05) is 23.2 Å². The van der Waals surface area contributed by atoms with Gasteiger partial charge in [0.2, 0.25) is 0 Å². The standard InChI is InChI=1S/C20H13NO/c22-20-10-9-13-11-18-16-7-3-1-5-14(16)15-6-2-4-8-17(15)19(18)12-21(13)20/h1-6,8-12H,7H2. The van der Waals surface area contributed by atoms with Crippen LogP contribution in [-0.2, 0) is 11.2 Å². The molecule has 5 rings (SSSR count). The van der Waals surface area contributed by atoms with Gasteiger partial charge in [-0.2, -0.15) is 0 Å². The fraction of sp³-hybridized carbons (Fsp3) is 0.0500. The minimum absolute atomic E-state index is 0.0326. The number of rotatable bonds is 0. The lowest BCUT2D eigenvalue weighted by Gasteiger charge is -2.22. The first-order chi connectivity index (χ1) is 10.8. The number of fused-ring (bicyclic) bond motifs is 7. The lowest BCUT2D eigenvalue weighted by atomic mass is 9.90. The molecule has 0 saturated carbocycles. The molecule has 2 aliphatic heterocycles. The van der Waals surface area contributed by atoms with Gasteiger partial charge < -0.3 is 0 Å². The molecule has 0 aromatic heterocycles. The Morgan fingerprint density at radius 1 is 1.00 bits per heavy atom. The smallest absolute Gasteiger partial charge is 0.255 e. The van der Waals surface area contributed by atoms with Gasteiger partial charge in [0.1, 0.15) is 0 Å². The van der Waals surface area contributed by atoms with Crippen molar-refractivity contribution in [2.24, 2.45) is 0 Å². The van der Waals surface area contributed by atoms with E-state index in [1.54, 1.807) is 11.0 Å². The summed E-state index contributed by atoms with van der Waals surface area (Å²) < 4.78 is 0. The third kappa shape index (κ3) is 1.41. The van der Waals surface area contributed by atoms with Gasteiger partial charge in [-0.05, 0) is 45.7 Å². The van der Waals surface area contributed by atoms with E-state index in [4.69, 9.17) is 0 Å². The summed E-state index contributed by atoms with van der Waals surface area (Å²) in [6.07, 6.45) is 15.1. The Kier molecular flexibility index (Phi) is 2.18. The van der Waals surface area contributed by atoms with Crippen LogP contribution in [0, 0.1) is 0 Å². The van der Waals surface area contributed by atoms with Crippen molar-refractivity contribution in [3.63, 3.8) is 0 Å². The first kappa shape index (κ1) is 11.8. The van der Waals surface area contributed by atoms with E-state index in [1.165, 1.54) is 27.1 Å². The first-order valence-electron chi connectivity index (χ1n) is 7.48. The largest absolute Gasteiger partial charge is 0.284 e. The maximum Gasteiger partial charge on any atom is 0.255 e. The van der Waals surface area contributed by atoms with Crippen LogP contribution in [0.2, 0.25) is 0 Å². The van der Waals surface area contributed by atoms with Crippen LogP contribution in [0.25, 0.3) is 29.1 Å². The molecular weight excluding hydrogens is 270 g/mol. The van der Waals surface area contributed by atoms with Crippen LogP contribution in [0.1, 0.15) is 11.1 Å². The topological polar surface area (TPSA) is 20.3 Å². The highest BCUT2D eigenvalue weighted by Crippen LogP contribution is 2.25. The van der Waals surface area contributed by atoms with E-state index in [-0.39, 0.29) is 5.91 Å². The quantitative estimate of drug-likeness (QED) is 0.726. The summed E-state index contributed by atoms with van der Waals surface area (Å²) in [5.74, 6) is 0.0326. The van der Waals surface area contributed by atoms with E-state index < -0.39 is 0 Å². The van der Waals surface area contributed by atoms with Crippen molar-refractivity contribution in [2.75, 3.05) is 0 Å². The molecule has 1 aliphatic carbocycles. The van der Waals surface area contributed by atoms with Crippen LogP contribution < -0.4 is 10.4 Å². The predicted octanol–water partition coefficient (Wildman–Crippen LogP) is 2.22. The molecule has 0 bridgehead atoms. The van der Waals surface area contributed by atoms with Gasteiger partial charge in [0.15, 0.2) is 0 Å². The molecule has 2 aromatic carbocycles. The van der Waals surface area contributed by atoms with Crippen LogP contribution in [0.5, 0.6) is 0 Å². The van der Waals surface area contributed by atoms with Gasteiger partial charge in [-0.1, -0.05) is 42.5 Å². The van der Waals surface area contributed by atoms with E-state index in [1.807, 2.05) is 12.3 Å². The molecule has 0 atom stereocenters. The summed E-state index contributed by atoms with van der Waals surface area (Å²) in [6, 6.07) is 8.45. The maximum absolute atomic E-state index is 12.0. The molecular formula is C20H13NO. The highest BCUT2D eigenvalue weighted by Gasteiger charge is 2.23. The summed E-state index contributed by atoms with van der Waals surface area (Å²) in [4.78, 5) is 13.7. The average Bonchev–Trinajstić information content (AvgIpc) is 2.94. The van der Waals surface area contributed by atoms with E-state index >= 15 is 0 Å². The highest BCUT2D eigenvalue weighted by atomic mass is 16.2. The molecule has 0 saturated heterocycles. The number of benzene rings is 2. The van der Waals surface area contributed by atoms with E-state index in [0.29, 0.717) is 0 Å². The molecule has 0 radical (unpaired) electrons. The molecule has 2 heteroatoms. The Hall–Kier alpha value is -2.87. The molecule has 3 aliphatic rings. The van der Waals surface area contributed by atoms with Gasteiger partial charge in [0.05, 0.1) is 0 Å². The van der Waals surface area contributed by atoms with Crippen molar-refractivity contribution >= 4 is 35.0 Å². The minimum atomic E-state index is 0.0326. The number of allylic oxidation sites excluding steroid dienone is 3. The monoisotopic (exact) mass is 283 g/mol. The van der Waals surface area contributed by atoms with Crippen molar-refractivity contribution < 1.29 is 4.79 Å². The Labute approximate surface area is 127 Å². The Morgan fingerprint density at radius 2 is 1.82 bits per heavy atom. The predicted molar refractivity (Wildman–Crippen MR) is 88.9 cm³/mol. The summed E-state index contributed by atoms with van der Waals surface area (Å²) in [5, 5.41) is 4.92. The second-order valence-electron chi connectivity index (χ2n) is 5.80. The van der Waals surface area contributed by atoms with E-state index in [2.05, 4.69) is 48.6 Å². The third-order valence-corrected chi connectivity index (χ3v) is 4.63. The van der Waals surface area contributed by atoms with Crippen LogP contribution in [0.15, 0.2) is 54.3 Å². The van der Waals surface area contributed by atoms with Crippen molar-refractivity contribution in [1.29, 1.82) is 0 Å². The fourth-order valence-corrected chi connectivity index (χ4v) is 3.61. The lowest BCUT2D eigenvalue weighted by Crippen LogP contribution is -2.30. The molecule has 104 valence electrons. The molecule has 0 spiro atoms. The second-order valence-corrected chi connectivity index (χ2v) is 5.80. The van der Waals surface area contributed by atoms with Crippen LogP contribution in [0.3, 0.4) is 0 Å². The number of amides is 1. The Bertz CT molecular complexity index is 1070. The average molecular weight is 283 g/mol. The molecule has 0 unspecified atom stereocenters. The molecule has 2 aromatic rings. The van der Waals surface area contributed by atoms with Gasteiger partial charge in [-0.3, -0.25) is 9.69 Å². The second kappa shape index (κ2) is 4.08. The van der Waals surface area contributed by atoms with Gasteiger partial charge >= 0.3 is 0 Å². The normalized spacial score (nSPS) is 17.5. The molecule has 22 heavy (non-hydrogen) atoms. The van der Waals surface area contributed by atoms with Gasteiger partial charge in [-0.15, -0.1) is 0 Å². The fourth-order valence-electron chi connectivity index (χ4n) is 3.61. The number of hydrogen-bond acceptors (Lipinski definition) is 1. The number of carbonyl (C=O) groups excluding carboxylic acids is 1. The molecule has 2 heterocycles. The van der Waals surface area contributed by atoms with Gasteiger partial charge in [-0.25, -0.2) is 0 Å². The minimum Gasteiger partial charge on any atom is -0.284 e. The van der Waals surface area contributed by atoms with Crippen LogP contribution >= 0.6 is 0 Å². The zero-order chi connectivity index (χ0) is 14.7. The van der Waals surface area contributed by atoms with Crippen LogP contribution in [0.4, 0.5) is 0 Å². The summed E-state index contributed by atoms with van der Waals surface area (Å²) >= 11 is 0. The first-order valence-corrected chi connectivity index (χ1v) is 7.48. The van der Waals surface area contributed by atoms with E-state index in [0.717, 1.165) is 17.3 Å². The zero-order valence-electron chi connectivity index (χ0n) is 11.9. The van der Waals surface area contributed by atoms with Crippen molar-refractivity contribution in [3.05, 3.63) is 75.8 Å². The summed E-state index contributed by atoms with van der Waals surface area (Å²) in [5.41, 5.74) is 3.57. The van der Waals surface area contributed by atoms with Gasteiger partial charge in [0.25, 0.3) is 5.91 Å². The molecule has 0 fully saturated rings. The third-order valence-electron chi connectivity index (χ3n) is 4.63. The number of hydrogen-bond donors (Lipinski definition) is 0. The number of carbonyl (C=O) groups is 1. The van der Waals surface area contributed by atoms with Crippen molar-refractivity contribution in [2.45, 2.75) is 6.42 Å². The number of nitrogens with zero attached hydrogens (tertiary/aromatic N) is 1. The Morgan fingerprint density at radius 3 is 2.68 bits per heavy atom.